The van der Waals surface area contributed by atoms with Gasteiger partial charge in [0.2, 0.25) is 0 Å². The van der Waals surface area contributed by atoms with Crippen LogP contribution in [-0.4, -0.2) is 19.7 Å². The van der Waals surface area contributed by atoms with Crippen LogP contribution >= 0.6 is 0 Å². The monoisotopic (exact) mass is 546 g/mol. The molecule has 28 heavy (non-hydrogen) atoms. The number of benzene rings is 2. The van der Waals surface area contributed by atoms with Gasteiger partial charge in [-0.05, 0) is 44.9 Å². The predicted molar refractivity (Wildman–Crippen MR) is 108 cm³/mol. The van der Waals surface area contributed by atoms with Crippen molar-refractivity contribution < 1.29 is 20.1 Å². The number of nitrogens with zero attached hydrogens (tertiary/aromatic N) is 4. The summed E-state index contributed by atoms with van der Waals surface area (Å²) in [5.74, 6) is 1.59. The summed E-state index contributed by atoms with van der Waals surface area (Å²) in [7, 11) is 0. The smallest absolute Gasteiger partial charge is 0.159 e. The molecule has 1 radical (unpaired) electrons. The Morgan fingerprint density at radius 1 is 0.821 bits per heavy atom. The summed E-state index contributed by atoms with van der Waals surface area (Å²) >= 11 is 0. The fourth-order valence-electron chi connectivity index (χ4n) is 3.56. The van der Waals surface area contributed by atoms with E-state index >= 15 is 0 Å². The molecule has 4 rings (SSSR count). The molecule has 0 saturated heterocycles. The van der Waals surface area contributed by atoms with E-state index in [-0.39, 0.29) is 20.1 Å². The molecule has 0 amide bonds. The van der Waals surface area contributed by atoms with Gasteiger partial charge >= 0.3 is 0 Å². The molecule has 0 aliphatic heterocycles. The van der Waals surface area contributed by atoms with Crippen LogP contribution < -0.4 is 0 Å². The van der Waals surface area contributed by atoms with Crippen molar-refractivity contribution in [2.24, 2.45) is 0 Å². The minimum absolute atomic E-state index is 0. The third kappa shape index (κ3) is 3.56. The first-order valence-corrected chi connectivity index (χ1v) is 9.00. The van der Waals surface area contributed by atoms with E-state index in [0.29, 0.717) is 0 Å². The second-order valence-electron chi connectivity index (χ2n) is 6.79. The summed E-state index contributed by atoms with van der Waals surface area (Å²) in [5.41, 5.74) is 7.26. The molecular formula is C23H21IrN4-. The molecule has 4 nitrogen and oxygen atoms in total. The Morgan fingerprint density at radius 2 is 1.54 bits per heavy atom. The molecule has 0 fully saturated rings. The zero-order chi connectivity index (χ0) is 19.0. The molecule has 0 spiro atoms. The van der Waals surface area contributed by atoms with Crippen LogP contribution in [0.4, 0.5) is 0 Å². The van der Waals surface area contributed by atoms with Crippen molar-refractivity contribution in [3.05, 3.63) is 83.2 Å². The third-order valence-corrected chi connectivity index (χ3v) is 4.71. The van der Waals surface area contributed by atoms with Crippen LogP contribution in [0.5, 0.6) is 0 Å². The topological polar surface area (TPSA) is 43.6 Å². The van der Waals surface area contributed by atoms with Gasteiger partial charge in [0.15, 0.2) is 5.82 Å². The Hall–Kier alpha value is -2.62. The zero-order valence-corrected chi connectivity index (χ0v) is 18.7. The molecule has 2 heterocycles. The second kappa shape index (κ2) is 8.17. The molecule has 4 aromatic rings. The van der Waals surface area contributed by atoms with Gasteiger partial charge in [0.25, 0.3) is 0 Å². The number of aryl methyl sites for hydroxylation is 4. The van der Waals surface area contributed by atoms with Crippen LogP contribution in [0.1, 0.15) is 22.5 Å². The SMILES string of the molecule is Cc1cc(C)c(-n2c(-c3[c-]cccc3)nnc2-c2ccccc2C)c(C)n1.[Ir]. The van der Waals surface area contributed by atoms with Gasteiger partial charge < -0.3 is 4.57 Å². The Labute approximate surface area is 179 Å². The number of pyridine rings is 1. The van der Waals surface area contributed by atoms with Crippen LogP contribution in [0.15, 0.2) is 54.6 Å². The molecule has 2 aromatic carbocycles. The summed E-state index contributed by atoms with van der Waals surface area (Å²) in [6.07, 6.45) is 0. The maximum Gasteiger partial charge on any atom is 0.159 e. The first-order chi connectivity index (χ1) is 13.1. The summed E-state index contributed by atoms with van der Waals surface area (Å²) in [4.78, 5) is 4.70. The molecule has 143 valence electrons. The summed E-state index contributed by atoms with van der Waals surface area (Å²) in [6, 6.07) is 21.5. The molecule has 0 bridgehead atoms. The maximum absolute atomic E-state index is 4.70. The Morgan fingerprint density at radius 3 is 2.21 bits per heavy atom. The van der Waals surface area contributed by atoms with Gasteiger partial charge in [-0.2, -0.15) is 5.10 Å². The van der Waals surface area contributed by atoms with Crippen molar-refractivity contribution >= 4 is 0 Å². The van der Waals surface area contributed by atoms with Gasteiger partial charge in [0, 0.05) is 31.4 Å². The van der Waals surface area contributed by atoms with Gasteiger partial charge in [-0.25, -0.2) is 0 Å². The fraction of sp³-hybridized carbons (Fsp3) is 0.174. The minimum atomic E-state index is 0. The Balaban J connectivity index is 0.00000225. The average molecular weight is 546 g/mol. The number of hydrogen-bond donors (Lipinski definition) is 0. The maximum atomic E-state index is 4.70. The molecule has 0 aliphatic rings. The summed E-state index contributed by atoms with van der Waals surface area (Å²) in [5, 5.41) is 9.11. The summed E-state index contributed by atoms with van der Waals surface area (Å²) in [6.45, 7) is 8.26. The summed E-state index contributed by atoms with van der Waals surface area (Å²) < 4.78 is 2.12. The van der Waals surface area contributed by atoms with Gasteiger partial charge in [0.05, 0.1) is 17.2 Å². The molecule has 0 saturated carbocycles. The van der Waals surface area contributed by atoms with E-state index in [4.69, 9.17) is 4.98 Å². The number of aromatic nitrogens is 4. The van der Waals surface area contributed by atoms with Crippen LogP contribution in [-0.2, 0) is 20.1 Å². The second-order valence-corrected chi connectivity index (χ2v) is 6.79. The van der Waals surface area contributed by atoms with Gasteiger partial charge in [-0.15, -0.1) is 41.0 Å². The van der Waals surface area contributed by atoms with Crippen LogP contribution in [0, 0.1) is 33.8 Å². The first kappa shape index (κ1) is 20.1. The fourth-order valence-corrected chi connectivity index (χ4v) is 3.56. The largest absolute Gasteiger partial charge is 0.314 e. The van der Waals surface area contributed by atoms with E-state index in [1.165, 1.54) is 0 Å². The van der Waals surface area contributed by atoms with E-state index in [9.17, 15) is 0 Å². The van der Waals surface area contributed by atoms with Crippen molar-refractivity contribution in [1.29, 1.82) is 0 Å². The van der Waals surface area contributed by atoms with E-state index in [1.807, 2.05) is 50.2 Å². The third-order valence-electron chi connectivity index (χ3n) is 4.71. The van der Waals surface area contributed by atoms with Gasteiger partial charge in [-0.3, -0.25) is 4.98 Å². The van der Waals surface area contributed by atoms with Crippen molar-refractivity contribution in [1.82, 2.24) is 19.7 Å². The number of hydrogen-bond acceptors (Lipinski definition) is 3. The Bertz CT molecular complexity index is 1090. The van der Waals surface area contributed by atoms with Crippen LogP contribution in [0.3, 0.4) is 0 Å². The molecule has 0 N–H and O–H groups in total. The minimum Gasteiger partial charge on any atom is -0.314 e. The number of rotatable bonds is 3. The Kier molecular flexibility index (Phi) is 5.87. The first-order valence-electron chi connectivity index (χ1n) is 9.00. The molecule has 0 aliphatic carbocycles. The van der Waals surface area contributed by atoms with Crippen molar-refractivity contribution in [3.8, 4) is 28.5 Å². The normalized spacial score (nSPS) is 10.6. The molecule has 0 unspecified atom stereocenters. The quantitative estimate of drug-likeness (QED) is 0.340. The predicted octanol–water partition coefficient (Wildman–Crippen LogP) is 5.03. The van der Waals surface area contributed by atoms with Crippen LogP contribution in [0.25, 0.3) is 28.5 Å². The van der Waals surface area contributed by atoms with E-state index in [2.05, 4.69) is 52.9 Å². The van der Waals surface area contributed by atoms with E-state index < -0.39 is 0 Å². The molecule has 5 heteroatoms. The molecule has 2 aromatic heterocycles. The molecular weight excluding hydrogens is 524 g/mol. The van der Waals surface area contributed by atoms with E-state index in [0.717, 1.165) is 51.0 Å². The van der Waals surface area contributed by atoms with Gasteiger partial charge in [-0.1, -0.05) is 24.3 Å². The van der Waals surface area contributed by atoms with E-state index in [1.54, 1.807) is 0 Å². The van der Waals surface area contributed by atoms with Crippen molar-refractivity contribution in [2.45, 2.75) is 27.7 Å². The zero-order valence-electron chi connectivity index (χ0n) is 16.3. The standard InChI is InChI=1S/C23H21N4.Ir/c1-15-10-8-9-13-20(15)23-26-25-22(19-11-6-5-7-12-19)27(23)21-16(2)14-17(3)24-18(21)4;/h5-11,13-14H,1-4H3;/q-1;. The van der Waals surface area contributed by atoms with Gasteiger partial charge in [0.1, 0.15) is 0 Å². The van der Waals surface area contributed by atoms with Crippen molar-refractivity contribution in [3.63, 3.8) is 0 Å². The average Bonchev–Trinajstić information content (AvgIpc) is 3.06. The molecule has 0 atom stereocenters. The van der Waals surface area contributed by atoms with Crippen LogP contribution in [0.2, 0.25) is 0 Å². The van der Waals surface area contributed by atoms with Crippen molar-refractivity contribution in [2.75, 3.05) is 0 Å².